The molecule has 0 unspecified atom stereocenters. The summed E-state index contributed by atoms with van der Waals surface area (Å²) in [7, 11) is -3.49. The predicted octanol–water partition coefficient (Wildman–Crippen LogP) is 3.90. The molecular formula is C20H24N2O5S3. The van der Waals surface area contributed by atoms with Crippen molar-refractivity contribution in [2.75, 3.05) is 25.0 Å². The van der Waals surface area contributed by atoms with Crippen LogP contribution in [-0.2, 0) is 19.6 Å². The zero-order valence-corrected chi connectivity index (χ0v) is 19.1. The van der Waals surface area contributed by atoms with E-state index in [0.29, 0.717) is 46.6 Å². The molecule has 162 valence electrons. The van der Waals surface area contributed by atoms with Gasteiger partial charge in [-0.3, -0.25) is 4.79 Å². The van der Waals surface area contributed by atoms with Crippen LogP contribution in [0.15, 0.2) is 27.1 Å². The van der Waals surface area contributed by atoms with Crippen molar-refractivity contribution < 1.29 is 22.7 Å². The maximum Gasteiger partial charge on any atom is 0.341 e. The maximum absolute atomic E-state index is 12.9. The van der Waals surface area contributed by atoms with Crippen LogP contribution in [0, 0.1) is 5.92 Å². The fourth-order valence-corrected chi connectivity index (χ4v) is 7.33. The Hall–Kier alpha value is -1.75. The van der Waals surface area contributed by atoms with Crippen LogP contribution < -0.4 is 5.32 Å². The van der Waals surface area contributed by atoms with Crippen molar-refractivity contribution in [2.24, 2.45) is 5.92 Å². The van der Waals surface area contributed by atoms with Crippen LogP contribution in [0.25, 0.3) is 0 Å². The number of nitrogens with zero attached hydrogens (tertiary/aromatic N) is 1. The van der Waals surface area contributed by atoms with E-state index in [1.807, 2.05) is 5.38 Å². The van der Waals surface area contributed by atoms with Gasteiger partial charge in [0.1, 0.15) is 9.21 Å². The Balaban J connectivity index is 1.42. The van der Waals surface area contributed by atoms with Gasteiger partial charge in [-0.2, -0.15) is 4.31 Å². The highest BCUT2D eigenvalue weighted by molar-refractivity contribution is 7.91. The van der Waals surface area contributed by atoms with E-state index in [2.05, 4.69) is 5.32 Å². The molecule has 1 aliphatic carbocycles. The van der Waals surface area contributed by atoms with Crippen LogP contribution in [0.2, 0.25) is 0 Å². The lowest BCUT2D eigenvalue weighted by Gasteiger charge is -2.30. The molecule has 2 fully saturated rings. The summed E-state index contributed by atoms with van der Waals surface area (Å²) >= 11 is 2.56. The quantitative estimate of drug-likeness (QED) is 0.622. The van der Waals surface area contributed by atoms with Gasteiger partial charge in [-0.05, 0) is 60.9 Å². The number of thiophene rings is 2. The average Bonchev–Trinajstić information content (AvgIpc) is 3.25. The third-order valence-corrected chi connectivity index (χ3v) is 9.65. The van der Waals surface area contributed by atoms with Gasteiger partial charge in [-0.25, -0.2) is 13.2 Å². The number of carbonyl (C=O) groups excluding carboxylic acids is 2. The summed E-state index contributed by atoms with van der Waals surface area (Å²) in [5, 5.41) is 7.13. The first-order valence-electron chi connectivity index (χ1n) is 10.0. The van der Waals surface area contributed by atoms with E-state index in [1.165, 1.54) is 27.0 Å². The van der Waals surface area contributed by atoms with Crippen molar-refractivity contribution in [1.29, 1.82) is 0 Å². The van der Waals surface area contributed by atoms with Crippen molar-refractivity contribution in [3.8, 4) is 0 Å². The monoisotopic (exact) mass is 468 g/mol. The zero-order valence-electron chi connectivity index (χ0n) is 16.6. The number of sulfonamides is 1. The Bertz CT molecular complexity index is 1020. The lowest BCUT2D eigenvalue weighted by atomic mass is 9.97. The van der Waals surface area contributed by atoms with Crippen LogP contribution in [0.3, 0.4) is 0 Å². The van der Waals surface area contributed by atoms with Gasteiger partial charge in [-0.1, -0.05) is 6.07 Å². The molecule has 1 saturated carbocycles. The molecule has 4 rings (SSSR count). The first-order valence-corrected chi connectivity index (χ1v) is 13.2. The van der Waals surface area contributed by atoms with Crippen molar-refractivity contribution in [3.05, 3.63) is 34.0 Å². The summed E-state index contributed by atoms with van der Waals surface area (Å²) in [4.78, 5) is 25.3. The molecule has 7 nitrogen and oxygen atoms in total. The third-order valence-electron chi connectivity index (χ3n) is 5.47. The zero-order chi connectivity index (χ0) is 21.3. The number of esters is 1. The van der Waals surface area contributed by atoms with Crippen LogP contribution in [0.4, 0.5) is 5.00 Å². The molecule has 0 spiro atoms. The lowest BCUT2D eigenvalue weighted by molar-refractivity contribution is -0.120. The van der Waals surface area contributed by atoms with Gasteiger partial charge in [0.15, 0.2) is 0 Å². The Morgan fingerprint density at radius 2 is 1.93 bits per heavy atom. The second-order valence-electron chi connectivity index (χ2n) is 7.49. The van der Waals surface area contributed by atoms with Crippen LogP contribution in [-0.4, -0.2) is 44.3 Å². The Morgan fingerprint density at radius 1 is 1.20 bits per heavy atom. The molecule has 0 atom stereocenters. The van der Waals surface area contributed by atoms with Gasteiger partial charge in [0.05, 0.1) is 12.2 Å². The second kappa shape index (κ2) is 8.78. The van der Waals surface area contributed by atoms with Crippen LogP contribution >= 0.6 is 22.7 Å². The molecule has 2 aromatic rings. The number of ether oxygens (including phenoxy) is 1. The molecule has 3 heterocycles. The molecule has 2 aliphatic rings. The van der Waals surface area contributed by atoms with E-state index in [1.54, 1.807) is 24.4 Å². The van der Waals surface area contributed by atoms with Crippen LogP contribution in [0.5, 0.6) is 0 Å². The molecule has 1 amide bonds. The largest absolute Gasteiger partial charge is 0.462 e. The Labute approximate surface area is 184 Å². The topological polar surface area (TPSA) is 92.8 Å². The molecule has 10 heteroatoms. The number of hydrogen-bond donors (Lipinski definition) is 1. The average molecular weight is 469 g/mol. The predicted molar refractivity (Wildman–Crippen MR) is 117 cm³/mol. The minimum absolute atomic E-state index is 0.169. The highest BCUT2D eigenvalue weighted by Crippen LogP contribution is 2.46. The SMILES string of the molecule is CCOC(=O)c1c(C2CC2)csc1NC(=O)C1CCN(S(=O)(=O)c2cccs2)CC1. The molecule has 0 bridgehead atoms. The van der Waals surface area contributed by atoms with E-state index >= 15 is 0 Å². The molecule has 1 N–H and O–H groups in total. The lowest BCUT2D eigenvalue weighted by Crippen LogP contribution is -2.41. The summed E-state index contributed by atoms with van der Waals surface area (Å²) in [5.74, 6) is -0.482. The van der Waals surface area contributed by atoms with Gasteiger partial charge in [0.25, 0.3) is 10.0 Å². The Kier molecular flexibility index (Phi) is 6.29. The van der Waals surface area contributed by atoms with Crippen molar-refractivity contribution in [3.63, 3.8) is 0 Å². The van der Waals surface area contributed by atoms with E-state index in [-0.39, 0.29) is 18.4 Å². The summed E-state index contributed by atoms with van der Waals surface area (Å²) in [6.45, 7) is 2.66. The summed E-state index contributed by atoms with van der Waals surface area (Å²) < 4.78 is 32.3. The van der Waals surface area contributed by atoms with E-state index in [4.69, 9.17) is 4.74 Å². The number of hydrogen-bond acceptors (Lipinski definition) is 7. The van der Waals surface area contributed by atoms with Gasteiger partial charge in [0, 0.05) is 19.0 Å². The van der Waals surface area contributed by atoms with Gasteiger partial charge >= 0.3 is 5.97 Å². The summed E-state index contributed by atoms with van der Waals surface area (Å²) in [5.41, 5.74) is 1.45. The van der Waals surface area contributed by atoms with E-state index in [9.17, 15) is 18.0 Å². The smallest absolute Gasteiger partial charge is 0.341 e. The fraction of sp³-hybridized carbons (Fsp3) is 0.500. The molecule has 1 saturated heterocycles. The minimum atomic E-state index is -3.49. The summed E-state index contributed by atoms with van der Waals surface area (Å²) in [6.07, 6.45) is 3.00. The van der Waals surface area contributed by atoms with E-state index in [0.717, 1.165) is 18.4 Å². The fourth-order valence-electron chi connectivity index (χ4n) is 3.68. The number of carbonyl (C=O) groups is 2. The number of anilines is 1. The van der Waals surface area contributed by atoms with Crippen molar-refractivity contribution in [1.82, 2.24) is 4.31 Å². The third kappa shape index (κ3) is 4.32. The molecule has 0 radical (unpaired) electrons. The highest BCUT2D eigenvalue weighted by atomic mass is 32.2. The first kappa shape index (κ1) is 21.5. The van der Waals surface area contributed by atoms with E-state index < -0.39 is 16.0 Å². The number of amides is 1. The number of nitrogens with one attached hydrogen (secondary N) is 1. The molecule has 0 aromatic carbocycles. The number of piperidine rings is 1. The van der Waals surface area contributed by atoms with Crippen molar-refractivity contribution >= 4 is 49.6 Å². The maximum atomic E-state index is 12.9. The highest BCUT2D eigenvalue weighted by Gasteiger charge is 2.35. The molecule has 30 heavy (non-hydrogen) atoms. The van der Waals surface area contributed by atoms with Gasteiger partial charge < -0.3 is 10.1 Å². The molecule has 1 aliphatic heterocycles. The standard InChI is InChI=1S/C20H24N2O5S3/c1-2-27-20(24)17-15(13-5-6-13)12-29-19(17)21-18(23)14-7-9-22(10-8-14)30(25,26)16-4-3-11-28-16/h3-4,11-14H,2,5-10H2,1H3,(H,21,23). The van der Waals surface area contributed by atoms with Crippen molar-refractivity contribution in [2.45, 2.75) is 42.7 Å². The van der Waals surface area contributed by atoms with Gasteiger partial charge in [0.2, 0.25) is 5.91 Å². The summed E-state index contributed by atoms with van der Waals surface area (Å²) in [6, 6.07) is 3.32. The van der Waals surface area contributed by atoms with Crippen LogP contribution in [0.1, 0.15) is 54.4 Å². The second-order valence-corrected chi connectivity index (χ2v) is 11.5. The van der Waals surface area contributed by atoms with Gasteiger partial charge in [-0.15, -0.1) is 22.7 Å². The first-order chi connectivity index (χ1) is 14.4. The molecule has 2 aromatic heterocycles. The minimum Gasteiger partial charge on any atom is -0.462 e. The molecular weight excluding hydrogens is 444 g/mol. The normalized spacial score (nSPS) is 18.3. The Morgan fingerprint density at radius 3 is 2.53 bits per heavy atom. The number of rotatable bonds is 7.